The third kappa shape index (κ3) is 2.45. The van der Waals surface area contributed by atoms with Crippen molar-refractivity contribution in [3.05, 3.63) is 35.4 Å². The minimum Gasteiger partial charge on any atom is -0.389 e. The van der Waals surface area contributed by atoms with Gasteiger partial charge in [-0.25, -0.2) is 0 Å². The summed E-state index contributed by atoms with van der Waals surface area (Å²) < 4.78 is 0. The SMILES string of the molecule is Cc1ccccc1C(C)NCC1(O)CCC1. The minimum absolute atomic E-state index is 0.311. The summed E-state index contributed by atoms with van der Waals surface area (Å²) >= 11 is 0. The molecule has 2 nitrogen and oxygen atoms in total. The molecule has 0 amide bonds. The zero-order valence-electron chi connectivity index (χ0n) is 10.2. The smallest absolute Gasteiger partial charge is 0.0771 e. The quantitative estimate of drug-likeness (QED) is 0.815. The van der Waals surface area contributed by atoms with E-state index in [1.807, 2.05) is 0 Å². The summed E-state index contributed by atoms with van der Waals surface area (Å²) in [5, 5.41) is 13.4. The van der Waals surface area contributed by atoms with E-state index in [4.69, 9.17) is 0 Å². The molecule has 0 aliphatic heterocycles. The van der Waals surface area contributed by atoms with Gasteiger partial charge >= 0.3 is 0 Å². The van der Waals surface area contributed by atoms with Gasteiger partial charge < -0.3 is 10.4 Å². The highest BCUT2D eigenvalue weighted by molar-refractivity contribution is 5.28. The molecule has 1 aromatic carbocycles. The van der Waals surface area contributed by atoms with Gasteiger partial charge in [-0.05, 0) is 44.2 Å². The van der Waals surface area contributed by atoms with Crippen molar-refractivity contribution in [3.63, 3.8) is 0 Å². The number of hydrogen-bond acceptors (Lipinski definition) is 2. The molecule has 2 N–H and O–H groups in total. The lowest BCUT2D eigenvalue weighted by atomic mass is 9.80. The van der Waals surface area contributed by atoms with Crippen LogP contribution in [0.1, 0.15) is 43.4 Å². The van der Waals surface area contributed by atoms with Gasteiger partial charge in [-0.2, -0.15) is 0 Å². The molecule has 0 heterocycles. The molecule has 0 bridgehead atoms. The summed E-state index contributed by atoms with van der Waals surface area (Å²) in [6.07, 6.45) is 3.05. The fraction of sp³-hybridized carbons (Fsp3) is 0.571. The second-order valence-electron chi connectivity index (χ2n) is 5.04. The predicted molar refractivity (Wildman–Crippen MR) is 66.4 cm³/mol. The number of nitrogens with one attached hydrogen (secondary N) is 1. The van der Waals surface area contributed by atoms with E-state index in [0.29, 0.717) is 12.6 Å². The first-order valence-electron chi connectivity index (χ1n) is 6.12. The van der Waals surface area contributed by atoms with Gasteiger partial charge in [0.2, 0.25) is 0 Å². The maximum absolute atomic E-state index is 10.0. The van der Waals surface area contributed by atoms with Crippen LogP contribution < -0.4 is 5.32 Å². The highest BCUT2D eigenvalue weighted by Crippen LogP contribution is 2.31. The highest BCUT2D eigenvalue weighted by atomic mass is 16.3. The van der Waals surface area contributed by atoms with E-state index in [0.717, 1.165) is 19.3 Å². The molecular formula is C14H21NO. The largest absolute Gasteiger partial charge is 0.389 e. The van der Waals surface area contributed by atoms with Crippen molar-refractivity contribution in [1.29, 1.82) is 0 Å². The second kappa shape index (κ2) is 4.56. The van der Waals surface area contributed by atoms with Crippen molar-refractivity contribution in [2.24, 2.45) is 0 Å². The summed E-state index contributed by atoms with van der Waals surface area (Å²) in [5.74, 6) is 0. The highest BCUT2D eigenvalue weighted by Gasteiger charge is 2.34. The molecule has 1 aromatic rings. The van der Waals surface area contributed by atoms with E-state index >= 15 is 0 Å². The van der Waals surface area contributed by atoms with Crippen LogP contribution in [-0.4, -0.2) is 17.3 Å². The molecule has 88 valence electrons. The van der Waals surface area contributed by atoms with Crippen LogP contribution in [0.4, 0.5) is 0 Å². The Kier molecular flexibility index (Phi) is 3.31. The van der Waals surface area contributed by atoms with E-state index in [1.54, 1.807) is 0 Å². The second-order valence-corrected chi connectivity index (χ2v) is 5.04. The molecular weight excluding hydrogens is 198 g/mol. The lowest BCUT2D eigenvalue weighted by Crippen LogP contribution is -2.46. The van der Waals surface area contributed by atoms with Crippen LogP contribution in [0.3, 0.4) is 0 Å². The Morgan fingerprint density at radius 1 is 1.38 bits per heavy atom. The van der Waals surface area contributed by atoms with E-state index in [-0.39, 0.29) is 0 Å². The summed E-state index contributed by atoms with van der Waals surface area (Å²) in [7, 11) is 0. The maximum atomic E-state index is 10.0. The lowest BCUT2D eigenvalue weighted by Gasteiger charge is -2.37. The number of benzene rings is 1. The summed E-state index contributed by atoms with van der Waals surface area (Å²) in [5.41, 5.74) is 2.20. The molecule has 16 heavy (non-hydrogen) atoms. The number of aryl methyl sites for hydroxylation is 1. The first-order chi connectivity index (χ1) is 7.61. The van der Waals surface area contributed by atoms with E-state index < -0.39 is 5.60 Å². The monoisotopic (exact) mass is 219 g/mol. The van der Waals surface area contributed by atoms with Crippen molar-refractivity contribution >= 4 is 0 Å². The van der Waals surface area contributed by atoms with Gasteiger partial charge in [-0.1, -0.05) is 24.3 Å². The molecule has 1 atom stereocenters. The number of rotatable bonds is 4. The normalized spacial score (nSPS) is 20.2. The number of aliphatic hydroxyl groups is 1. The summed E-state index contributed by atoms with van der Waals surface area (Å²) in [4.78, 5) is 0. The Hall–Kier alpha value is -0.860. The lowest BCUT2D eigenvalue weighted by molar-refractivity contribution is -0.0329. The predicted octanol–water partition coefficient (Wildman–Crippen LogP) is 2.56. The molecule has 0 aromatic heterocycles. The third-order valence-corrected chi connectivity index (χ3v) is 3.68. The molecule has 0 radical (unpaired) electrons. The van der Waals surface area contributed by atoms with E-state index in [9.17, 15) is 5.11 Å². The van der Waals surface area contributed by atoms with Crippen LogP contribution in [0, 0.1) is 6.92 Å². The molecule has 0 saturated heterocycles. The first-order valence-corrected chi connectivity index (χ1v) is 6.12. The molecule has 2 heteroatoms. The van der Waals surface area contributed by atoms with Gasteiger partial charge in [0.15, 0.2) is 0 Å². The Balaban J connectivity index is 1.93. The van der Waals surface area contributed by atoms with Crippen molar-refractivity contribution < 1.29 is 5.11 Å². The molecule has 1 aliphatic carbocycles. The summed E-state index contributed by atoms with van der Waals surface area (Å²) in [6, 6.07) is 8.72. The fourth-order valence-corrected chi connectivity index (χ4v) is 2.29. The average molecular weight is 219 g/mol. The van der Waals surface area contributed by atoms with Gasteiger partial charge in [0, 0.05) is 12.6 Å². The van der Waals surface area contributed by atoms with Crippen LogP contribution in [-0.2, 0) is 0 Å². The van der Waals surface area contributed by atoms with Gasteiger partial charge in [-0.15, -0.1) is 0 Å². The first kappa shape index (κ1) is 11.6. The Morgan fingerprint density at radius 2 is 2.06 bits per heavy atom. The van der Waals surface area contributed by atoms with Crippen molar-refractivity contribution in [3.8, 4) is 0 Å². The topological polar surface area (TPSA) is 32.3 Å². The van der Waals surface area contributed by atoms with Gasteiger partial charge in [0.25, 0.3) is 0 Å². The standard InChI is InChI=1S/C14H21NO/c1-11-6-3-4-7-13(11)12(2)15-10-14(16)8-5-9-14/h3-4,6-7,12,15-16H,5,8-10H2,1-2H3. The van der Waals surface area contributed by atoms with Gasteiger partial charge in [0.05, 0.1) is 5.60 Å². The molecule has 1 unspecified atom stereocenters. The van der Waals surface area contributed by atoms with E-state index in [1.165, 1.54) is 11.1 Å². The van der Waals surface area contributed by atoms with Crippen molar-refractivity contribution in [2.75, 3.05) is 6.54 Å². The van der Waals surface area contributed by atoms with Gasteiger partial charge in [0.1, 0.15) is 0 Å². The van der Waals surface area contributed by atoms with E-state index in [2.05, 4.69) is 43.4 Å². The molecule has 2 rings (SSSR count). The Bertz CT molecular complexity index is 358. The van der Waals surface area contributed by atoms with Crippen LogP contribution in [0.25, 0.3) is 0 Å². The maximum Gasteiger partial charge on any atom is 0.0771 e. The van der Waals surface area contributed by atoms with Crippen molar-refractivity contribution in [1.82, 2.24) is 5.32 Å². The van der Waals surface area contributed by atoms with Crippen molar-refractivity contribution in [2.45, 2.75) is 44.8 Å². The zero-order valence-corrected chi connectivity index (χ0v) is 10.2. The molecule has 0 spiro atoms. The summed E-state index contributed by atoms with van der Waals surface area (Å²) in [6.45, 7) is 5.00. The molecule has 1 saturated carbocycles. The van der Waals surface area contributed by atoms with Crippen LogP contribution in [0.2, 0.25) is 0 Å². The average Bonchev–Trinajstić information content (AvgIpc) is 2.24. The van der Waals surface area contributed by atoms with Gasteiger partial charge in [-0.3, -0.25) is 0 Å². The minimum atomic E-state index is -0.434. The third-order valence-electron chi connectivity index (χ3n) is 3.68. The Labute approximate surface area is 97.7 Å². The number of hydrogen-bond donors (Lipinski definition) is 2. The van der Waals surface area contributed by atoms with Crippen LogP contribution >= 0.6 is 0 Å². The fourth-order valence-electron chi connectivity index (χ4n) is 2.29. The Morgan fingerprint density at radius 3 is 2.62 bits per heavy atom. The molecule has 1 fully saturated rings. The van der Waals surface area contributed by atoms with Crippen LogP contribution in [0.5, 0.6) is 0 Å². The molecule has 1 aliphatic rings. The van der Waals surface area contributed by atoms with Crippen LogP contribution in [0.15, 0.2) is 24.3 Å². The zero-order chi connectivity index (χ0) is 11.6.